The van der Waals surface area contributed by atoms with Gasteiger partial charge in [-0.15, -0.1) is 0 Å². The van der Waals surface area contributed by atoms with Crippen LogP contribution in [0.2, 0.25) is 0 Å². The fourth-order valence-electron chi connectivity index (χ4n) is 1.60. The predicted octanol–water partition coefficient (Wildman–Crippen LogP) is 1.52. The molecule has 1 saturated carbocycles. The van der Waals surface area contributed by atoms with E-state index in [1.54, 1.807) is 5.32 Å². The smallest absolute Gasteiger partial charge is 0.346 e. The molecule has 1 amide bonds. The maximum atomic E-state index is 11.8. The molecule has 0 heterocycles. The van der Waals surface area contributed by atoms with E-state index in [1.807, 2.05) is 0 Å². The van der Waals surface area contributed by atoms with Gasteiger partial charge in [-0.3, -0.25) is 9.63 Å². The predicted molar refractivity (Wildman–Crippen MR) is 55.0 cm³/mol. The number of amides is 1. The molecular formula is C10H17F3N2O2. The van der Waals surface area contributed by atoms with E-state index < -0.39 is 24.7 Å². The van der Waals surface area contributed by atoms with Crippen molar-refractivity contribution in [3.05, 3.63) is 0 Å². The van der Waals surface area contributed by atoms with Crippen LogP contribution in [-0.2, 0) is 9.63 Å². The minimum Gasteiger partial charge on any atom is -0.346 e. The summed E-state index contributed by atoms with van der Waals surface area (Å²) in [6.07, 6.45) is -0.315. The molecule has 1 unspecified atom stereocenters. The Balaban J connectivity index is 2.17. The van der Waals surface area contributed by atoms with Crippen LogP contribution in [0.3, 0.4) is 0 Å². The van der Waals surface area contributed by atoms with Gasteiger partial charge < -0.3 is 5.32 Å². The first kappa shape index (κ1) is 14.2. The molecule has 1 aliphatic carbocycles. The molecule has 7 heteroatoms. The minimum absolute atomic E-state index is 0.0628. The zero-order valence-corrected chi connectivity index (χ0v) is 9.64. The molecule has 0 aromatic rings. The van der Waals surface area contributed by atoms with Crippen LogP contribution in [-0.4, -0.2) is 30.8 Å². The summed E-state index contributed by atoms with van der Waals surface area (Å²) in [7, 11) is 0. The third-order valence-corrected chi connectivity index (χ3v) is 2.57. The number of nitrogens with one attached hydrogen (secondary N) is 2. The van der Waals surface area contributed by atoms with Crippen LogP contribution in [0.1, 0.15) is 32.6 Å². The van der Waals surface area contributed by atoms with Crippen LogP contribution in [0.25, 0.3) is 0 Å². The number of rotatable bonds is 5. The first-order valence-corrected chi connectivity index (χ1v) is 5.64. The number of hydroxylamine groups is 1. The number of carbonyl (C=O) groups excluding carboxylic acids is 1. The molecular weight excluding hydrogens is 237 g/mol. The lowest BCUT2D eigenvalue weighted by atomic mass is 10.3. The Bertz CT molecular complexity index is 252. The van der Waals surface area contributed by atoms with Gasteiger partial charge in [0.2, 0.25) is 5.91 Å². The molecule has 100 valence electrons. The highest BCUT2D eigenvalue weighted by Crippen LogP contribution is 2.20. The van der Waals surface area contributed by atoms with Crippen molar-refractivity contribution in [1.29, 1.82) is 0 Å². The molecule has 0 aliphatic heterocycles. The fourth-order valence-corrected chi connectivity index (χ4v) is 1.60. The zero-order valence-electron chi connectivity index (χ0n) is 9.64. The van der Waals surface area contributed by atoms with E-state index in [-0.39, 0.29) is 6.10 Å². The second kappa shape index (κ2) is 6.20. The van der Waals surface area contributed by atoms with Crippen LogP contribution in [0.15, 0.2) is 0 Å². The molecule has 0 aromatic heterocycles. The molecule has 1 rings (SSSR count). The third kappa shape index (κ3) is 5.88. The Labute approximate surface area is 97.8 Å². The van der Waals surface area contributed by atoms with E-state index in [4.69, 9.17) is 4.84 Å². The third-order valence-electron chi connectivity index (χ3n) is 2.57. The standard InChI is InChI=1S/C10H17F3N2O2/c1-7(9(16)14-6-10(11,12)13)15-17-8-4-2-3-5-8/h7-8,15H,2-6H2,1H3,(H,14,16). The van der Waals surface area contributed by atoms with E-state index >= 15 is 0 Å². The number of alkyl halides is 3. The molecule has 0 spiro atoms. The van der Waals surface area contributed by atoms with Crippen molar-refractivity contribution >= 4 is 5.91 Å². The largest absolute Gasteiger partial charge is 0.405 e. The molecule has 4 nitrogen and oxygen atoms in total. The number of carbonyl (C=O) groups is 1. The summed E-state index contributed by atoms with van der Waals surface area (Å²) >= 11 is 0. The molecule has 17 heavy (non-hydrogen) atoms. The van der Waals surface area contributed by atoms with E-state index in [2.05, 4.69) is 5.48 Å². The first-order chi connectivity index (χ1) is 7.88. The quantitative estimate of drug-likeness (QED) is 0.731. The molecule has 0 radical (unpaired) electrons. The first-order valence-electron chi connectivity index (χ1n) is 5.64. The normalized spacial score (nSPS) is 19.3. The topological polar surface area (TPSA) is 50.4 Å². The lowest BCUT2D eigenvalue weighted by Crippen LogP contribution is -2.46. The van der Waals surface area contributed by atoms with Gasteiger partial charge in [0.15, 0.2) is 0 Å². The minimum atomic E-state index is -4.39. The van der Waals surface area contributed by atoms with Crippen molar-refractivity contribution in [2.45, 2.75) is 50.9 Å². The van der Waals surface area contributed by atoms with Gasteiger partial charge in [-0.25, -0.2) is 0 Å². The average Bonchev–Trinajstić information content (AvgIpc) is 2.74. The monoisotopic (exact) mass is 254 g/mol. The van der Waals surface area contributed by atoms with Crippen LogP contribution in [0.5, 0.6) is 0 Å². The number of halogens is 3. The van der Waals surface area contributed by atoms with Crippen molar-refractivity contribution in [2.75, 3.05) is 6.54 Å². The molecule has 2 N–H and O–H groups in total. The van der Waals surface area contributed by atoms with Crippen LogP contribution in [0.4, 0.5) is 13.2 Å². The Morgan fingerprint density at radius 2 is 2.00 bits per heavy atom. The van der Waals surface area contributed by atoms with Gasteiger partial charge in [0.1, 0.15) is 12.6 Å². The summed E-state index contributed by atoms with van der Waals surface area (Å²) in [4.78, 5) is 16.5. The summed E-state index contributed by atoms with van der Waals surface area (Å²) in [6.45, 7) is 0.141. The van der Waals surface area contributed by atoms with Gasteiger partial charge in [-0.1, -0.05) is 12.8 Å². The van der Waals surface area contributed by atoms with Gasteiger partial charge >= 0.3 is 6.18 Å². The Morgan fingerprint density at radius 1 is 1.41 bits per heavy atom. The van der Waals surface area contributed by atoms with Gasteiger partial charge in [-0.2, -0.15) is 18.7 Å². The number of hydrogen-bond donors (Lipinski definition) is 2. The van der Waals surface area contributed by atoms with Gasteiger partial charge in [0.25, 0.3) is 0 Å². The lowest BCUT2D eigenvalue weighted by molar-refractivity contribution is -0.142. The summed E-state index contributed by atoms with van der Waals surface area (Å²) < 4.78 is 35.5. The van der Waals surface area contributed by atoms with E-state index in [1.165, 1.54) is 6.92 Å². The van der Waals surface area contributed by atoms with Crippen molar-refractivity contribution in [1.82, 2.24) is 10.8 Å². The Hall–Kier alpha value is -0.820. The Morgan fingerprint density at radius 3 is 2.53 bits per heavy atom. The summed E-state index contributed by atoms with van der Waals surface area (Å²) in [5.41, 5.74) is 2.48. The van der Waals surface area contributed by atoms with Crippen LogP contribution in [0, 0.1) is 0 Å². The highest BCUT2D eigenvalue weighted by molar-refractivity contribution is 5.81. The number of hydrogen-bond acceptors (Lipinski definition) is 3. The Kier molecular flexibility index (Phi) is 5.20. The van der Waals surface area contributed by atoms with Crippen molar-refractivity contribution in [2.24, 2.45) is 0 Å². The lowest BCUT2D eigenvalue weighted by Gasteiger charge is -2.17. The summed E-state index contributed by atoms with van der Waals surface area (Å²) in [6, 6.07) is -0.794. The van der Waals surface area contributed by atoms with Gasteiger partial charge in [0.05, 0.1) is 6.10 Å². The molecule has 0 bridgehead atoms. The molecule has 0 saturated heterocycles. The SMILES string of the molecule is CC(NOC1CCCC1)C(=O)NCC(F)(F)F. The fraction of sp³-hybridized carbons (Fsp3) is 0.900. The second-order valence-electron chi connectivity index (χ2n) is 4.20. The average molecular weight is 254 g/mol. The van der Waals surface area contributed by atoms with Crippen molar-refractivity contribution < 1.29 is 22.8 Å². The maximum absolute atomic E-state index is 11.8. The molecule has 1 aliphatic rings. The van der Waals surface area contributed by atoms with Crippen LogP contribution < -0.4 is 10.8 Å². The molecule has 1 fully saturated rings. The van der Waals surface area contributed by atoms with E-state index in [0.717, 1.165) is 25.7 Å². The van der Waals surface area contributed by atoms with E-state index in [9.17, 15) is 18.0 Å². The van der Waals surface area contributed by atoms with Crippen molar-refractivity contribution in [3.8, 4) is 0 Å². The zero-order chi connectivity index (χ0) is 12.9. The van der Waals surface area contributed by atoms with Crippen LogP contribution >= 0.6 is 0 Å². The summed E-state index contributed by atoms with van der Waals surface area (Å²) in [5, 5.41) is 1.79. The van der Waals surface area contributed by atoms with E-state index in [0.29, 0.717) is 0 Å². The summed E-state index contributed by atoms with van der Waals surface area (Å²) in [5.74, 6) is -0.722. The molecule has 1 atom stereocenters. The molecule has 0 aromatic carbocycles. The van der Waals surface area contributed by atoms with Gasteiger partial charge in [-0.05, 0) is 19.8 Å². The highest BCUT2D eigenvalue weighted by Gasteiger charge is 2.29. The highest BCUT2D eigenvalue weighted by atomic mass is 19.4. The van der Waals surface area contributed by atoms with Crippen molar-refractivity contribution in [3.63, 3.8) is 0 Å². The van der Waals surface area contributed by atoms with Gasteiger partial charge in [0, 0.05) is 0 Å². The second-order valence-corrected chi connectivity index (χ2v) is 4.20. The maximum Gasteiger partial charge on any atom is 0.405 e.